The van der Waals surface area contributed by atoms with Crippen molar-refractivity contribution < 1.29 is 9.53 Å². The maximum Gasteiger partial charge on any atom is 0.410 e. The van der Waals surface area contributed by atoms with E-state index in [1.165, 1.54) is 11.1 Å². The van der Waals surface area contributed by atoms with Gasteiger partial charge in [0.1, 0.15) is 5.60 Å². The Morgan fingerprint density at radius 2 is 2.14 bits per heavy atom. The molecule has 0 saturated carbocycles. The zero-order valence-corrected chi connectivity index (χ0v) is 13.1. The summed E-state index contributed by atoms with van der Waals surface area (Å²) in [6, 6.07) is 8.27. The molecule has 2 rings (SSSR count). The van der Waals surface area contributed by atoms with Crippen molar-refractivity contribution in [2.45, 2.75) is 39.3 Å². The largest absolute Gasteiger partial charge is 0.444 e. The van der Waals surface area contributed by atoms with Crippen molar-refractivity contribution in [2.75, 3.05) is 13.1 Å². The molecule has 1 aliphatic rings. The molecule has 0 aromatic heterocycles. The van der Waals surface area contributed by atoms with Crippen LogP contribution in [-0.4, -0.2) is 29.7 Å². The monoisotopic (exact) mass is 288 g/mol. The third kappa shape index (κ3) is 4.33. The van der Waals surface area contributed by atoms with Crippen molar-refractivity contribution >= 4 is 11.7 Å². The number of carbonyl (C=O) groups is 1. The summed E-state index contributed by atoms with van der Waals surface area (Å²) in [5.41, 5.74) is 8.82. The highest BCUT2D eigenvalue weighted by molar-refractivity contribution is 5.72. The quantitative estimate of drug-likeness (QED) is 0.909. The van der Waals surface area contributed by atoms with Crippen LogP contribution in [0.5, 0.6) is 0 Å². The Hall–Kier alpha value is -1.81. The molecule has 0 fully saturated rings. The van der Waals surface area contributed by atoms with E-state index in [9.17, 15) is 4.79 Å². The van der Waals surface area contributed by atoms with Crippen molar-refractivity contribution in [1.29, 1.82) is 0 Å². The topological polar surface area (TPSA) is 55.6 Å². The number of rotatable bonds is 2. The molecule has 0 saturated heterocycles. The van der Waals surface area contributed by atoms with E-state index in [1.807, 2.05) is 32.9 Å². The van der Waals surface area contributed by atoms with Gasteiger partial charge in [-0.05, 0) is 43.9 Å². The van der Waals surface area contributed by atoms with Crippen LogP contribution in [0.2, 0.25) is 0 Å². The highest BCUT2D eigenvalue weighted by atomic mass is 16.6. The average molecular weight is 288 g/mol. The number of carbonyl (C=O) groups excluding carboxylic acids is 1. The third-order valence-corrected chi connectivity index (χ3v) is 3.39. The van der Waals surface area contributed by atoms with Gasteiger partial charge in [0, 0.05) is 19.6 Å². The summed E-state index contributed by atoms with van der Waals surface area (Å²) in [4.78, 5) is 13.8. The molecule has 21 heavy (non-hydrogen) atoms. The van der Waals surface area contributed by atoms with Crippen LogP contribution < -0.4 is 5.73 Å². The van der Waals surface area contributed by atoms with Gasteiger partial charge >= 0.3 is 6.09 Å². The van der Waals surface area contributed by atoms with Gasteiger partial charge < -0.3 is 15.4 Å². The molecule has 0 bridgehead atoms. The Morgan fingerprint density at radius 1 is 1.38 bits per heavy atom. The number of hydrogen-bond acceptors (Lipinski definition) is 3. The van der Waals surface area contributed by atoms with E-state index < -0.39 is 5.60 Å². The second-order valence-electron chi connectivity index (χ2n) is 6.31. The lowest BCUT2D eigenvalue weighted by atomic mass is 9.98. The molecule has 0 radical (unpaired) electrons. The third-order valence-electron chi connectivity index (χ3n) is 3.39. The summed E-state index contributed by atoms with van der Waals surface area (Å²) in [5.74, 6) is 0. The lowest BCUT2D eigenvalue weighted by Crippen LogP contribution is -2.39. The van der Waals surface area contributed by atoms with Crippen molar-refractivity contribution in [1.82, 2.24) is 4.90 Å². The Bertz CT molecular complexity index is 544. The van der Waals surface area contributed by atoms with Gasteiger partial charge in [-0.25, -0.2) is 4.79 Å². The fraction of sp³-hybridized carbons (Fsp3) is 0.471. The fourth-order valence-corrected chi connectivity index (χ4v) is 2.32. The van der Waals surface area contributed by atoms with Crippen LogP contribution in [0.15, 0.2) is 30.3 Å². The van der Waals surface area contributed by atoms with Crippen LogP contribution >= 0.6 is 0 Å². The van der Waals surface area contributed by atoms with Gasteiger partial charge in [0.15, 0.2) is 0 Å². The number of amides is 1. The van der Waals surface area contributed by atoms with Crippen molar-refractivity contribution in [3.05, 3.63) is 41.5 Å². The van der Waals surface area contributed by atoms with Crippen LogP contribution in [-0.2, 0) is 11.3 Å². The molecule has 4 nitrogen and oxygen atoms in total. The predicted octanol–water partition coefficient (Wildman–Crippen LogP) is 3.17. The lowest BCUT2D eigenvalue weighted by Gasteiger charge is -2.29. The zero-order valence-electron chi connectivity index (χ0n) is 13.1. The molecule has 0 spiro atoms. The van der Waals surface area contributed by atoms with E-state index >= 15 is 0 Å². The van der Waals surface area contributed by atoms with E-state index in [1.54, 1.807) is 4.90 Å². The fourth-order valence-electron chi connectivity index (χ4n) is 2.32. The van der Waals surface area contributed by atoms with Crippen LogP contribution in [0.4, 0.5) is 4.79 Å². The van der Waals surface area contributed by atoms with E-state index in [-0.39, 0.29) is 6.09 Å². The molecule has 2 N–H and O–H groups in total. The van der Waals surface area contributed by atoms with Crippen LogP contribution in [0.1, 0.15) is 38.3 Å². The highest BCUT2D eigenvalue weighted by Crippen LogP contribution is 2.24. The van der Waals surface area contributed by atoms with Crippen molar-refractivity contribution in [2.24, 2.45) is 5.73 Å². The Morgan fingerprint density at radius 3 is 2.71 bits per heavy atom. The molecule has 0 atom stereocenters. The molecular weight excluding hydrogens is 264 g/mol. The number of hydrogen-bond donors (Lipinski definition) is 1. The first-order valence-corrected chi connectivity index (χ1v) is 7.35. The first kappa shape index (κ1) is 15.6. The van der Waals surface area contributed by atoms with Crippen LogP contribution in [0, 0.1) is 0 Å². The van der Waals surface area contributed by atoms with Gasteiger partial charge in [0.2, 0.25) is 0 Å². The minimum atomic E-state index is -0.448. The number of benzene rings is 1. The van der Waals surface area contributed by atoms with Gasteiger partial charge in [-0.1, -0.05) is 30.3 Å². The molecule has 4 heteroatoms. The summed E-state index contributed by atoms with van der Waals surface area (Å²) in [7, 11) is 0. The first-order chi connectivity index (χ1) is 9.89. The number of nitrogens with zero attached hydrogens (tertiary/aromatic N) is 1. The number of ether oxygens (including phenoxy) is 1. The summed E-state index contributed by atoms with van der Waals surface area (Å²) >= 11 is 0. The SMILES string of the molecule is CC(C)(C)OC(=O)N1CC=C(c2cccc(CN)c2)CC1. The Balaban J connectivity index is 2.03. The predicted molar refractivity (Wildman–Crippen MR) is 84.7 cm³/mol. The normalized spacial score (nSPS) is 15.6. The summed E-state index contributed by atoms with van der Waals surface area (Å²) in [5, 5.41) is 0. The lowest BCUT2D eigenvalue weighted by molar-refractivity contribution is 0.0270. The van der Waals surface area contributed by atoms with Gasteiger partial charge in [0.25, 0.3) is 0 Å². The van der Waals surface area contributed by atoms with E-state index in [0.717, 1.165) is 12.0 Å². The van der Waals surface area contributed by atoms with Gasteiger partial charge in [-0.2, -0.15) is 0 Å². The molecule has 1 amide bonds. The molecule has 1 heterocycles. The summed E-state index contributed by atoms with van der Waals surface area (Å²) < 4.78 is 5.40. The summed E-state index contributed by atoms with van der Waals surface area (Å²) in [6.45, 7) is 7.48. The molecule has 1 aromatic carbocycles. The van der Waals surface area contributed by atoms with Gasteiger partial charge in [-0.15, -0.1) is 0 Å². The molecule has 114 valence electrons. The molecule has 0 aliphatic carbocycles. The average Bonchev–Trinajstić information content (AvgIpc) is 2.46. The van der Waals surface area contributed by atoms with Crippen LogP contribution in [0.3, 0.4) is 0 Å². The van der Waals surface area contributed by atoms with Gasteiger partial charge in [-0.3, -0.25) is 0 Å². The molecule has 0 unspecified atom stereocenters. The molecule has 1 aliphatic heterocycles. The minimum Gasteiger partial charge on any atom is -0.444 e. The number of nitrogens with two attached hydrogens (primary N) is 1. The van der Waals surface area contributed by atoms with Crippen molar-refractivity contribution in [3.8, 4) is 0 Å². The smallest absolute Gasteiger partial charge is 0.410 e. The second kappa shape index (κ2) is 6.31. The van der Waals surface area contributed by atoms with E-state index in [2.05, 4.69) is 18.2 Å². The van der Waals surface area contributed by atoms with E-state index in [0.29, 0.717) is 19.6 Å². The maximum atomic E-state index is 12.0. The highest BCUT2D eigenvalue weighted by Gasteiger charge is 2.23. The zero-order chi connectivity index (χ0) is 15.5. The summed E-state index contributed by atoms with van der Waals surface area (Å²) in [6.07, 6.45) is 2.70. The second-order valence-corrected chi connectivity index (χ2v) is 6.31. The first-order valence-electron chi connectivity index (χ1n) is 7.35. The minimum absolute atomic E-state index is 0.242. The molecular formula is C17H24N2O2. The Kier molecular flexibility index (Phi) is 4.68. The van der Waals surface area contributed by atoms with Crippen LogP contribution in [0.25, 0.3) is 5.57 Å². The van der Waals surface area contributed by atoms with Gasteiger partial charge in [0.05, 0.1) is 0 Å². The van der Waals surface area contributed by atoms with Crippen molar-refractivity contribution in [3.63, 3.8) is 0 Å². The van der Waals surface area contributed by atoms with E-state index in [4.69, 9.17) is 10.5 Å². The standard InChI is InChI=1S/C17H24N2O2/c1-17(2,3)21-16(20)19-9-7-14(8-10-19)15-6-4-5-13(11-15)12-18/h4-7,11H,8-10,12,18H2,1-3H3. The molecule has 1 aromatic rings. The Labute approximate surface area is 126 Å². The maximum absolute atomic E-state index is 12.0.